The van der Waals surface area contributed by atoms with E-state index in [4.69, 9.17) is 0 Å². The Morgan fingerprint density at radius 2 is 1.83 bits per heavy atom. The van der Waals surface area contributed by atoms with Crippen LogP contribution in [0.1, 0.15) is 76.2 Å². The van der Waals surface area contributed by atoms with E-state index in [2.05, 4.69) is 16.5 Å². The second-order valence-corrected chi connectivity index (χ2v) is 8.75. The van der Waals surface area contributed by atoms with E-state index in [1.807, 2.05) is 6.20 Å². The normalized spacial score (nSPS) is 35.1. The fourth-order valence-corrected chi connectivity index (χ4v) is 6.33. The number of unbranched alkanes of at least 4 members (excludes halogenated alkanes) is 1. The zero-order chi connectivity index (χ0) is 15.9. The van der Waals surface area contributed by atoms with Crippen LogP contribution >= 0.6 is 0 Å². The van der Waals surface area contributed by atoms with Crippen LogP contribution in [0.4, 0.5) is 0 Å². The Morgan fingerprint density at radius 3 is 2.39 bits per heavy atom. The highest BCUT2D eigenvalue weighted by atomic mass is 16.3. The number of imidazole rings is 1. The van der Waals surface area contributed by atoms with Crippen molar-refractivity contribution in [1.82, 2.24) is 9.55 Å². The van der Waals surface area contributed by atoms with E-state index >= 15 is 0 Å². The lowest BCUT2D eigenvalue weighted by atomic mass is 9.49. The van der Waals surface area contributed by atoms with Crippen LogP contribution in [0.25, 0.3) is 0 Å². The maximum atomic E-state index is 9.66. The van der Waals surface area contributed by atoms with Gasteiger partial charge in [0.15, 0.2) is 0 Å². The SMILES string of the molecule is CCCCc1ncc(CO)n1CCC12CC3CC(CC(C3)C1)C2. The topological polar surface area (TPSA) is 38.1 Å². The van der Waals surface area contributed by atoms with Gasteiger partial charge in [-0.05, 0) is 74.5 Å². The Labute approximate surface area is 140 Å². The minimum Gasteiger partial charge on any atom is -0.390 e. The first-order valence-electron chi connectivity index (χ1n) is 9.85. The molecule has 0 aromatic carbocycles. The van der Waals surface area contributed by atoms with Crippen LogP contribution in [-0.4, -0.2) is 14.7 Å². The van der Waals surface area contributed by atoms with Crippen LogP contribution in [0.5, 0.6) is 0 Å². The molecule has 1 aromatic rings. The van der Waals surface area contributed by atoms with Gasteiger partial charge in [-0.15, -0.1) is 0 Å². The van der Waals surface area contributed by atoms with E-state index < -0.39 is 0 Å². The first kappa shape index (κ1) is 15.7. The number of nitrogens with zero attached hydrogens (tertiary/aromatic N) is 2. The molecule has 4 saturated carbocycles. The van der Waals surface area contributed by atoms with Crippen LogP contribution in [-0.2, 0) is 19.6 Å². The van der Waals surface area contributed by atoms with Gasteiger partial charge < -0.3 is 9.67 Å². The number of hydrogen-bond donors (Lipinski definition) is 1. The van der Waals surface area contributed by atoms with Gasteiger partial charge in [-0.1, -0.05) is 13.3 Å². The van der Waals surface area contributed by atoms with Crippen molar-refractivity contribution in [2.75, 3.05) is 0 Å². The van der Waals surface area contributed by atoms with Gasteiger partial charge in [0.05, 0.1) is 18.5 Å². The van der Waals surface area contributed by atoms with Crippen molar-refractivity contribution in [2.24, 2.45) is 23.2 Å². The van der Waals surface area contributed by atoms with Gasteiger partial charge in [0.1, 0.15) is 5.82 Å². The van der Waals surface area contributed by atoms with Crippen molar-refractivity contribution < 1.29 is 5.11 Å². The number of aryl methyl sites for hydroxylation is 1. The van der Waals surface area contributed by atoms with E-state index in [1.54, 1.807) is 0 Å². The summed E-state index contributed by atoms with van der Waals surface area (Å²) in [6.45, 7) is 3.43. The smallest absolute Gasteiger partial charge is 0.108 e. The van der Waals surface area contributed by atoms with Crippen molar-refractivity contribution in [3.63, 3.8) is 0 Å². The molecular formula is C20H32N2O. The molecular weight excluding hydrogens is 284 g/mol. The maximum absolute atomic E-state index is 9.66. The van der Waals surface area contributed by atoms with Crippen molar-refractivity contribution >= 4 is 0 Å². The van der Waals surface area contributed by atoms with Gasteiger partial charge in [0, 0.05) is 13.0 Å². The van der Waals surface area contributed by atoms with Crippen molar-refractivity contribution in [1.29, 1.82) is 0 Å². The summed E-state index contributed by atoms with van der Waals surface area (Å²) in [5.74, 6) is 4.28. The van der Waals surface area contributed by atoms with Gasteiger partial charge in [-0.3, -0.25) is 0 Å². The van der Waals surface area contributed by atoms with Gasteiger partial charge in [0.25, 0.3) is 0 Å². The third-order valence-electron chi connectivity index (χ3n) is 6.97. The minimum atomic E-state index is 0.125. The van der Waals surface area contributed by atoms with Crippen LogP contribution < -0.4 is 0 Å². The van der Waals surface area contributed by atoms with Gasteiger partial charge in [-0.2, -0.15) is 0 Å². The van der Waals surface area contributed by atoms with E-state index in [1.165, 1.54) is 63.6 Å². The summed E-state index contributed by atoms with van der Waals surface area (Å²) in [4.78, 5) is 4.59. The summed E-state index contributed by atoms with van der Waals surface area (Å²) in [7, 11) is 0. The molecule has 0 radical (unpaired) electrons. The van der Waals surface area contributed by atoms with Crippen LogP contribution in [0.3, 0.4) is 0 Å². The zero-order valence-corrected chi connectivity index (χ0v) is 14.6. The molecule has 128 valence electrons. The first-order valence-corrected chi connectivity index (χ1v) is 9.85. The average Bonchev–Trinajstić information content (AvgIpc) is 2.91. The Balaban J connectivity index is 1.47. The van der Waals surface area contributed by atoms with Gasteiger partial charge >= 0.3 is 0 Å². The number of aromatic nitrogens is 2. The molecule has 1 heterocycles. The summed E-state index contributed by atoms with van der Waals surface area (Å²) in [5, 5.41) is 9.66. The number of aliphatic hydroxyl groups excluding tert-OH is 1. The second-order valence-electron chi connectivity index (χ2n) is 8.75. The monoisotopic (exact) mass is 316 g/mol. The molecule has 4 fully saturated rings. The molecule has 0 aliphatic heterocycles. The molecule has 1 aromatic heterocycles. The van der Waals surface area contributed by atoms with E-state index in [-0.39, 0.29) is 6.61 Å². The van der Waals surface area contributed by atoms with Crippen LogP contribution in [0.2, 0.25) is 0 Å². The van der Waals surface area contributed by atoms with E-state index in [9.17, 15) is 5.11 Å². The Morgan fingerprint density at radius 1 is 1.17 bits per heavy atom. The molecule has 0 atom stereocenters. The Hall–Kier alpha value is -0.830. The lowest BCUT2D eigenvalue weighted by molar-refractivity contribution is -0.0594. The molecule has 5 rings (SSSR count). The number of rotatable bonds is 7. The third kappa shape index (κ3) is 2.97. The third-order valence-corrected chi connectivity index (χ3v) is 6.97. The largest absolute Gasteiger partial charge is 0.390 e. The summed E-state index contributed by atoms with van der Waals surface area (Å²) < 4.78 is 2.34. The Bertz CT molecular complexity index is 513. The molecule has 0 unspecified atom stereocenters. The van der Waals surface area contributed by atoms with E-state index in [0.717, 1.165) is 36.4 Å². The lowest BCUT2D eigenvalue weighted by Crippen LogP contribution is -2.46. The molecule has 3 heteroatoms. The second kappa shape index (κ2) is 6.23. The molecule has 23 heavy (non-hydrogen) atoms. The zero-order valence-electron chi connectivity index (χ0n) is 14.6. The van der Waals surface area contributed by atoms with Crippen LogP contribution in [0.15, 0.2) is 6.20 Å². The predicted molar refractivity (Wildman–Crippen MR) is 92.0 cm³/mol. The highest BCUT2D eigenvalue weighted by Gasteiger charge is 2.50. The molecule has 4 aliphatic rings. The summed E-state index contributed by atoms with van der Waals surface area (Å²) in [6, 6.07) is 0. The van der Waals surface area contributed by atoms with Crippen molar-refractivity contribution in [3.8, 4) is 0 Å². The van der Waals surface area contributed by atoms with E-state index in [0.29, 0.717) is 5.41 Å². The van der Waals surface area contributed by atoms with Gasteiger partial charge in [-0.25, -0.2) is 4.98 Å². The van der Waals surface area contributed by atoms with Crippen LogP contribution in [0, 0.1) is 23.2 Å². The predicted octanol–water partition coefficient (Wildman–Crippen LogP) is 4.32. The molecule has 0 spiro atoms. The quantitative estimate of drug-likeness (QED) is 0.813. The highest BCUT2D eigenvalue weighted by Crippen LogP contribution is 2.61. The summed E-state index contributed by atoms with van der Waals surface area (Å²) in [6.07, 6.45) is 15.7. The number of aliphatic hydroxyl groups is 1. The lowest BCUT2D eigenvalue weighted by Gasteiger charge is -2.57. The van der Waals surface area contributed by atoms with Crippen molar-refractivity contribution in [3.05, 3.63) is 17.7 Å². The molecule has 3 nitrogen and oxygen atoms in total. The maximum Gasteiger partial charge on any atom is 0.108 e. The van der Waals surface area contributed by atoms with Crippen molar-refractivity contribution in [2.45, 2.75) is 84.3 Å². The molecule has 0 saturated heterocycles. The molecule has 4 bridgehead atoms. The van der Waals surface area contributed by atoms with Gasteiger partial charge in [0.2, 0.25) is 0 Å². The Kier molecular flexibility index (Phi) is 4.25. The summed E-state index contributed by atoms with van der Waals surface area (Å²) in [5.41, 5.74) is 1.63. The molecule has 1 N–H and O–H groups in total. The number of hydrogen-bond acceptors (Lipinski definition) is 2. The first-order chi connectivity index (χ1) is 11.2. The summed E-state index contributed by atoms with van der Waals surface area (Å²) >= 11 is 0. The fraction of sp³-hybridized carbons (Fsp3) is 0.850. The standard InChI is InChI=1S/C20H32N2O/c1-2-3-4-19-21-13-18(14-23)22(19)6-5-20-10-15-7-16(11-20)9-17(8-15)12-20/h13,15-17,23H,2-12,14H2,1H3. The minimum absolute atomic E-state index is 0.125. The average molecular weight is 316 g/mol. The molecule has 0 amide bonds. The fourth-order valence-electron chi connectivity index (χ4n) is 6.33. The highest BCUT2D eigenvalue weighted by molar-refractivity contribution is 5.06. The molecule has 4 aliphatic carbocycles.